The van der Waals surface area contributed by atoms with Gasteiger partial charge < -0.3 is 4.90 Å². The molecule has 1 aromatic carbocycles. The van der Waals surface area contributed by atoms with Crippen molar-refractivity contribution in [2.24, 2.45) is 5.92 Å². The van der Waals surface area contributed by atoms with Crippen LogP contribution in [0.2, 0.25) is 0 Å². The van der Waals surface area contributed by atoms with Crippen LogP contribution in [0, 0.1) is 17.2 Å². The van der Waals surface area contributed by atoms with Crippen molar-refractivity contribution in [3.8, 4) is 6.07 Å². The van der Waals surface area contributed by atoms with Crippen LogP contribution in [0.3, 0.4) is 0 Å². The van der Waals surface area contributed by atoms with E-state index in [9.17, 15) is 4.79 Å². The Morgan fingerprint density at radius 1 is 1.65 bits per heavy atom. The molecule has 0 bridgehead atoms. The Morgan fingerprint density at radius 3 is 2.82 bits per heavy atom. The zero-order valence-corrected chi connectivity index (χ0v) is 12.1. The topological polar surface area (TPSA) is 44.1 Å². The molecule has 0 saturated heterocycles. The van der Waals surface area contributed by atoms with Crippen molar-refractivity contribution in [1.82, 2.24) is 4.90 Å². The van der Waals surface area contributed by atoms with Gasteiger partial charge in [0, 0.05) is 23.0 Å². The zero-order chi connectivity index (χ0) is 13.0. The number of halogens is 1. The van der Waals surface area contributed by atoms with Crippen LogP contribution in [0.15, 0.2) is 27.6 Å². The average Bonchev–Trinajstić information content (AvgIpc) is 2.28. The largest absolute Gasteiger partial charge is 0.340 e. The first-order valence-electron chi connectivity index (χ1n) is 5.09. The Balaban J connectivity index is 2.86. The van der Waals surface area contributed by atoms with Crippen LogP contribution in [0.5, 0.6) is 0 Å². The summed E-state index contributed by atoms with van der Waals surface area (Å²) in [5.74, 6) is -0.299. The maximum atomic E-state index is 12.1. The lowest BCUT2D eigenvalue weighted by Crippen LogP contribution is -2.30. The van der Waals surface area contributed by atoms with E-state index in [2.05, 4.69) is 34.6 Å². The Bertz CT molecular complexity index is 470. The summed E-state index contributed by atoms with van der Waals surface area (Å²) in [5, 5.41) is 8.72. The molecule has 1 rings (SSSR count). The fourth-order valence-corrected chi connectivity index (χ4v) is 2.27. The molecule has 0 aliphatic carbocycles. The summed E-state index contributed by atoms with van der Waals surface area (Å²) in [6, 6.07) is 7.41. The van der Waals surface area contributed by atoms with Crippen LogP contribution in [0.25, 0.3) is 0 Å². The molecule has 0 aliphatic heterocycles. The molecule has 5 heteroatoms. The molecule has 1 aromatic rings. The van der Waals surface area contributed by atoms with Gasteiger partial charge in [-0.3, -0.25) is 4.79 Å². The molecule has 0 saturated carbocycles. The van der Waals surface area contributed by atoms with Gasteiger partial charge in [0.25, 0.3) is 5.91 Å². The molecule has 0 aliphatic rings. The minimum atomic E-state index is -0.178. The molecule has 0 spiro atoms. The highest BCUT2D eigenvalue weighted by Gasteiger charge is 2.16. The Labute approximate surface area is 115 Å². The molecule has 90 valence electrons. The van der Waals surface area contributed by atoms with E-state index in [0.717, 1.165) is 4.47 Å². The molecule has 3 nitrogen and oxygen atoms in total. The van der Waals surface area contributed by atoms with Gasteiger partial charge in [-0.2, -0.15) is 5.26 Å². The highest BCUT2D eigenvalue weighted by molar-refractivity contribution is 9.10. The number of thiol groups is 1. The summed E-state index contributed by atoms with van der Waals surface area (Å²) in [4.78, 5) is 14.2. The quantitative estimate of drug-likeness (QED) is 0.872. The van der Waals surface area contributed by atoms with Crippen LogP contribution < -0.4 is 0 Å². The molecule has 1 atom stereocenters. The third-order valence-corrected chi connectivity index (χ3v) is 3.17. The number of benzene rings is 1. The number of nitrogens with zero attached hydrogens (tertiary/aromatic N) is 2. The summed E-state index contributed by atoms with van der Waals surface area (Å²) in [7, 11) is 1.69. The monoisotopic (exact) mass is 312 g/mol. The van der Waals surface area contributed by atoms with E-state index in [1.54, 1.807) is 32.2 Å². The van der Waals surface area contributed by atoms with Gasteiger partial charge in [0.1, 0.15) is 0 Å². The van der Waals surface area contributed by atoms with Gasteiger partial charge in [0.05, 0.1) is 17.6 Å². The second-order valence-corrected chi connectivity index (χ2v) is 5.27. The molecular formula is C12H13BrN2OS. The standard InChI is InChI=1S/C12H13BrN2OS/c1-8(6-14)7-15(2)12(16)10-4-3-9(13)5-11(10)17/h3-5,8,17H,7H2,1-2H3. The lowest BCUT2D eigenvalue weighted by Gasteiger charge is -2.19. The van der Waals surface area contributed by atoms with E-state index in [1.165, 1.54) is 4.90 Å². The summed E-state index contributed by atoms with van der Waals surface area (Å²) in [5.41, 5.74) is 0.546. The lowest BCUT2D eigenvalue weighted by molar-refractivity contribution is 0.0782. The molecule has 0 radical (unpaired) electrons. The first-order valence-corrected chi connectivity index (χ1v) is 6.33. The average molecular weight is 313 g/mol. The number of carbonyl (C=O) groups excluding carboxylic acids is 1. The van der Waals surface area contributed by atoms with E-state index < -0.39 is 0 Å². The SMILES string of the molecule is CC(C#N)CN(C)C(=O)c1ccc(Br)cc1S. The van der Waals surface area contributed by atoms with Crippen molar-refractivity contribution >= 4 is 34.5 Å². The molecular weight excluding hydrogens is 300 g/mol. The van der Waals surface area contributed by atoms with Crippen LogP contribution in [0.4, 0.5) is 0 Å². The highest BCUT2D eigenvalue weighted by Crippen LogP contribution is 2.21. The number of hydrogen-bond acceptors (Lipinski definition) is 3. The van der Waals surface area contributed by atoms with Crippen molar-refractivity contribution in [3.05, 3.63) is 28.2 Å². The van der Waals surface area contributed by atoms with Gasteiger partial charge in [-0.05, 0) is 25.1 Å². The van der Waals surface area contributed by atoms with E-state index in [0.29, 0.717) is 17.0 Å². The maximum absolute atomic E-state index is 12.1. The first kappa shape index (κ1) is 14.1. The minimum absolute atomic E-state index is 0.121. The predicted octanol–water partition coefficient (Wildman–Crippen LogP) is 2.97. The van der Waals surface area contributed by atoms with Gasteiger partial charge >= 0.3 is 0 Å². The lowest BCUT2D eigenvalue weighted by atomic mass is 10.1. The van der Waals surface area contributed by atoms with Crippen LogP contribution in [-0.2, 0) is 0 Å². The first-order chi connectivity index (χ1) is 7.95. The summed E-state index contributed by atoms with van der Waals surface area (Å²) < 4.78 is 0.882. The van der Waals surface area contributed by atoms with Crippen LogP contribution in [-0.4, -0.2) is 24.4 Å². The van der Waals surface area contributed by atoms with Gasteiger partial charge in [0.2, 0.25) is 0 Å². The third-order valence-electron chi connectivity index (χ3n) is 2.30. The smallest absolute Gasteiger partial charge is 0.254 e. The van der Waals surface area contributed by atoms with E-state index in [4.69, 9.17) is 5.26 Å². The van der Waals surface area contributed by atoms with Crippen molar-refractivity contribution in [2.75, 3.05) is 13.6 Å². The number of amides is 1. The number of carbonyl (C=O) groups is 1. The predicted molar refractivity (Wildman–Crippen MR) is 73.1 cm³/mol. The molecule has 0 heterocycles. The van der Waals surface area contributed by atoms with E-state index in [-0.39, 0.29) is 11.8 Å². The Kier molecular flexibility index (Phi) is 5.03. The zero-order valence-electron chi connectivity index (χ0n) is 9.64. The molecule has 0 aromatic heterocycles. The normalized spacial score (nSPS) is 11.7. The number of rotatable bonds is 3. The van der Waals surface area contributed by atoms with E-state index >= 15 is 0 Å². The van der Waals surface area contributed by atoms with Gasteiger partial charge in [-0.25, -0.2) is 0 Å². The molecule has 0 fully saturated rings. The molecule has 17 heavy (non-hydrogen) atoms. The Hall–Kier alpha value is -0.990. The van der Waals surface area contributed by atoms with Crippen LogP contribution in [0.1, 0.15) is 17.3 Å². The summed E-state index contributed by atoms with van der Waals surface area (Å²) >= 11 is 7.59. The fraction of sp³-hybridized carbons (Fsp3) is 0.333. The second kappa shape index (κ2) is 6.08. The summed E-state index contributed by atoms with van der Waals surface area (Å²) in [6.45, 7) is 2.20. The van der Waals surface area contributed by atoms with Crippen LogP contribution >= 0.6 is 28.6 Å². The number of nitriles is 1. The van der Waals surface area contributed by atoms with Crippen molar-refractivity contribution in [3.63, 3.8) is 0 Å². The van der Waals surface area contributed by atoms with Gasteiger partial charge in [0.15, 0.2) is 0 Å². The minimum Gasteiger partial charge on any atom is -0.340 e. The molecule has 1 amide bonds. The van der Waals surface area contributed by atoms with Crippen molar-refractivity contribution in [2.45, 2.75) is 11.8 Å². The molecule has 0 N–H and O–H groups in total. The summed E-state index contributed by atoms with van der Waals surface area (Å²) in [6.07, 6.45) is 0. The number of hydrogen-bond donors (Lipinski definition) is 1. The third kappa shape index (κ3) is 3.76. The van der Waals surface area contributed by atoms with E-state index in [1.807, 2.05) is 0 Å². The van der Waals surface area contributed by atoms with Gasteiger partial charge in [-0.15, -0.1) is 12.6 Å². The Morgan fingerprint density at radius 2 is 2.29 bits per heavy atom. The van der Waals surface area contributed by atoms with Crippen molar-refractivity contribution < 1.29 is 4.79 Å². The second-order valence-electron chi connectivity index (χ2n) is 3.88. The van der Waals surface area contributed by atoms with Crippen molar-refractivity contribution in [1.29, 1.82) is 5.26 Å². The highest BCUT2D eigenvalue weighted by atomic mass is 79.9. The fourth-order valence-electron chi connectivity index (χ4n) is 1.43. The maximum Gasteiger partial charge on any atom is 0.254 e. The molecule has 1 unspecified atom stereocenters. The van der Waals surface area contributed by atoms with Gasteiger partial charge in [-0.1, -0.05) is 15.9 Å².